The Labute approximate surface area is 91.6 Å². The second-order valence-corrected chi connectivity index (χ2v) is 4.69. The minimum Gasteiger partial charge on any atom is -0.386 e. The highest BCUT2D eigenvalue weighted by Gasteiger charge is 2.41. The van der Waals surface area contributed by atoms with Crippen molar-refractivity contribution in [1.29, 1.82) is 0 Å². The van der Waals surface area contributed by atoms with E-state index in [0.717, 1.165) is 13.0 Å². The average molecular weight is 214 g/mol. The molecule has 1 rings (SSSR count). The smallest absolute Gasteiger partial charge is 0.224 e. The van der Waals surface area contributed by atoms with E-state index in [9.17, 15) is 9.90 Å². The van der Waals surface area contributed by atoms with Gasteiger partial charge in [-0.25, -0.2) is 0 Å². The second kappa shape index (κ2) is 4.94. The summed E-state index contributed by atoms with van der Waals surface area (Å²) in [5.41, 5.74) is -0.610. The number of carbonyl (C=O) groups is 1. The minimum atomic E-state index is -0.610. The molecule has 0 aliphatic carbocycles. The van der Waals surface area contributed by atoms with Crippen LogP contribution in [0, 0.1) is 0 Å². The number of hydrogen-bond donors (Lipinski definition) is 2. The zero-order valence-corrected chi connectivity index (χ0v) is 9.92. The second-order valence-electron chi connectivity index (χ2n) is 4.69. The van der Waals surface area contributed by atoms with Crippen molar-refractivity contribution < 1.29 is 9.90 Å². The van der Waals surface area contributed by atoms with Crippen LogP contribution in [0.1, 0.15) is 33.6 Å². The molecular weight excluding hydrogens is 192 g/mol. The molecule has 0 bridgehead atoms. The van der Waals surface area contributed by atoms with Crippen molar-refractivity contribution in [3.63, 3.8) is 0 Å². The molecule has 0 spiro atoms. The molecule has 0 aromatic heterocycles. The SMILES string of the molecule is CCC1(O)CN(C(=O)CCNC(C)C)C1. The molecule has 1 aliphatic heterocycles. The standard InChI is InChI=1S/C11H22N2O2/c1-4-11(15)7-13(8-11)10(14)5-6-12-9(2)3/h9,12,15H,4-8H2,1-3H3. The molecule has 1 amide bonds. The van der Waals surface area contributed by atoms with Crippen LogP contribution in [0.4, 0.5) is 0 Å². The summed E-state index contributed by atoms with van der Waals surface area (Å²) in [6, 6.07) is 0.418. The minimum absolute atomic E-state index is 0.140. The van der Waals surface area contributed by atoms with E-state index < -0.39 is 5.60 Å². The number of aliphatic hydroxyl groups is 1. The van der Waals surface area contributed by atoms with Crippen LogP contribution in [0.15, 0.2) is 0 Å². The van der Waals surface area contributed by atoms with Crippen LogP contribution in [0.3, 0.4) is 0 Å². The summed E-state index contributed by atoms with van der Waals surface area (Å²) in [5, 5.41) is 12.9. The average Bonchev–Trinajstić information content (AvgIpc) is 2.12. The van der Waals surface area contributed by atoms with Crippen molar-refractivity contribution in [2.45, 2.75) is 45.3 Å². The maximum absolute atomic E-state index is 11.6. The number of rotatable bonds is 5. The Kier molecular flexibility index (Phi) is 4.11. The molecule has 0 unspecified atom stereocenters. The van der Waals surface area contributed by atoms with Crippen LogP contribution in [0.25, 0.3) is 0 Å². The summed E-state index contributed by atoms with van der Waals surface area (Å²) >= 11 is 0. The van der Waals surface area contributed by atoms with E-state index in [0.29, 0.717) is 25.6 Å². The van der Waals surface area contributed by atoms with Gasteiger partial charge in [0.2, 0.25) is 5.91 Å². The van der Waals surface area contributed by atoms with E-state index in [-0.39, 0.29) is 5.91 Å². The third-order valence-corrected chi connectivity index (χ3v) is 2.87. The van der Waals surface area contributed by atoms with Crippen molar-refractivity contribution in [3.05, 3.63) is 0 Å². The van der Waals surface area contributed by atoms with Crippen LogP contribution in [0.5, 0.6) is 0 Å². The largest absolute Gasteiger partial charge is 0.386 e. The number of nitrogens with zero attached hydrogens (tertiary/aromatic N) is 1. The van der Waals surface area contributed by atoms with Crippen LogP contribution < -0.4 is 5.32 Å². The van der Waals surface area contributed by atoms with Gasteiger partial charge in [0.05, 0.1) is 18.7 Å². The van der Waals surface area contributed by atoms with Crippen molar-refractivity contribution in [2.75, 3.05) is 19.6 Å². The third kappa shape index (κ3) is 3.47. The number of amides is 1. The Morgan fingerprint density at radius 3 is 2.60 bits per heavy atom. The topological polar surface area (TPSA) is 52.6 Å². The van der Waals surface area contributed by atoms with Crippen molar-refractivity contribution in [3.8, 4) is 0 Å². The molecule has 88 valence electrons. The van der Waals surface area contributed by atoms with E-state index in [1.807, 2.05) is 6.92 Å². The molecule has 0 atom stereocenters. The maximum atomic E-state index is 11.6. The first-order valence-electron chi connectivity index (χ1n) is 5.70. The molecule has 1 heterocycles. The van der Waals surface area contributed by atoms with Gasteiger partial charge in [-0.05, 0) is 6.42 Å². The summed E-state index contributed by atoms with van der Waals surface area (Å²) in [6.45, 7) is 7.79. The zero-order valence-electron chi connectivity index (χ0n) is 9.92. The van der Waals surface area contributed by atoms with E-state index >= 15 is 0 Å². The van der Waals surface area contributed by atoms with E-state index in [2.05, 4.69) is 19.2 Å². The predicted molar refractivity (Wildman–Crippen MR) is 59.6 cm³/mol. The molecule has 0 aromatic carbocycles. The summed E-state index contributed by atoms with van der Waals surface area (Å²) in [5.74, 6) is 0.140. The Morgan fingerprint density at radius 1 is 1.53 bits per heavy atom. The molecule has 1 saturated heterocycles. The monoisotopic (exact) mass is 214 g/mol. The van der Waals surface area contributed by atoms with Gasteiger partial charge in [-0.1, -0.05) is 20.8 Å². The van der Waals surface area contributed by atoms with Gasteiger partial charge in [0.25, 0.3) is 0 Å². The first-order chi connectivity index (χ1) is 6.97. The Hall–Kier alpha value is -0.610. The lowest BCUT2D eigenvalue weighted by atomic mass is 9.91. The molecule has 1 aliphatic rings. The van der Waals surface area contributed by atoms with Crippen molar-refractivity contribution >= 4 is 5.91 Å². The fourth-order valence-corrected chi connectivity index (χ4v) is 1.69. The number of likely N-dealkylation sites (tertiary alicyclic amines) is 1. The molecular formula is C11H22N2O2. The molecule has 4 heteroatoms. The molecule has 0 aromatic rings. The number of β-amino-alcohol motifs (C(OH)–C–C–N with tert-alkyl or cyclic N) is 1. The lowest BCUT2D eigenvalue weighted by molar-refractivity contribution is -0.155. The van der Waals surface area contributed by atoms with Crippen LogP contribution in [0.2, 0.25) is 0 Å². The van der Waals surface area contributed by atoms with Gasteiger partial charge in [-0.3, -0.25) is 4.79 Å². The zero-order chi connectivity index (χ0) is 11.5. The molecule has 4 nitrogen and oxygen atoms in total. The third-order valence-electron chi connectivity index (χ3n) is 2.87. The highest BCUT2D eigenvalue weighted by atomic mass is 16.3. The normalized spacial score (nSPS) is 19.1. The van der Waals surface area contributed by atoms with E-state index in [1.54, 1.807) is 4.90 Å². The number of carbonyl (C=O) groups excluding carboxylic acids is 1. The van der Waals surface area contributed by atoms with Gasteiger partial charge >= 0.3 is 0 Å². The molecule has 15 heavy (non-hydrogen) atoms. The lowest BCUT2D eigenvalue weighted by Gasteiger charge is -2.46. The highest BCUT2D eigenvalue weighted by molar-refractivity contribution is 5.77. The Balaban J connectivity index is 2.15. The number of hydrogen-bond acceptors (Lipinski definition) is 3. The van der Waals surface area contributed by atoms with Crippen molar-refractivity contribution in [1.82, 2.24) is 10.2 Å². The van der Waals surface area contributed by atoms with E-state index in [1.165, 1.54) is 0 Å². The highest BCUT2D eigenvalue weighted by Crippen LogP contribution is 2.24. The fraction of sp³-hybridized carbons (Fsp3) is 0.909. The lowest BCUT2D eigenvalue weighted by Crippen LogP contribution is -2.63. The van der Waals surface area contributed by atoms with Crippen molar-refractivity contribution in [2.24, 2.45) is 0 Å². The number of nitrogens with one attached hydrogen (secondary N) is 1. The van der Waals surface area contributed by atoms with Gasteiger partial charge < -0.3 is 15.3 Å². The summed E-state index contributed by atoms with van der Waals surface area (Å²) < 4.78 is 0. The Morgan fingerprint density at radius 2 is 2.13 bits per heavy atom. The molecule has 1 fully saturated rings. The summed E-state index contributed by atoms with van der Waals surface area (Å²) in [4.78, 5) is 13.3. The molecule has 0 radical (unpaired) electrons. The first-order valence-corrected chi connectivity index (χ1v) is 5.70. The fourth-order valence-electron chi connectivity index (χ4n) is 1.69. The summed E-state index contributed by atoms with van der Waals surface area (Å²) in [7, 11) is 0. The van der Waals surface area contributed by atoms with Gasteiger partial charge in [-0.2, -0.15) is 0 Å². The quantitative estimate of drug-likeness (QED) is 0.694. The van der Waals surface area contributed by atoms with Crippen LogP contribution in [-0.4, -0.2) is 47.2 Å². The maximum Gasteiger partial charge on any atom is 0.224 e. The predicted octanol–water partition coefficient (Wildman–Crippen LogP) is 0.358. The van der Waals surface area contributed by atoms with Gasteiger partial charge in [-0.15, -0.1) is 0 Å². The van der Waals surface area contributed by atoms with Crippen LogP contribution in [-0.2, 0) is 4.79 Å². The van der Waals surface area contributed by atoms with Gasteiger partial charge in [0.1, 0.15) is 0 Å². The van der Waals surface area contributed by atoms with Crippen LogP contribution >= 0.6 is 0 Å². The first kappa shape index (κ1) is 12.5. The molecule has 2 N–H and O–H groups in total. The van der Waals surface area contributed by atoms with Gasteiger partial charge in [0.15, 0.2) is 0 Å². The van der Waals surface area contributed by atoms with Gasteiger partial charge in [0, 0.05) is 19.0 Å². The molecule has 0 saturated carbocycles. The Bertz CT molecular complexity index is 223. The summed E-state index contributed by atoms with van der Waals surface area (Å²) in [6.07, 6.45) is 1.25. The van der Waals surface area contributed by atoms with E-state index in [4.69, 9.17) is 0 Å².